The van der Waals surface area contributed by atoms with Gasteiger partial charge in [-0.3, -0.25) is 4.57 Å². The predicted molar refractivity (Wildman–Crippen MR) is 89.7 cm³/mol. The highest BCUT2D eigenvalue weighted by atomic mass is 35.5. The molecule has 0 atom stereocenters. The van der Waals surface area contributed by atoms with Gasteiger partial charge in [0.25, 0.3) is 0 Å². The highest BCUT2D eigenvalue weighted by molar-refractivity contribution is 7.92. The van der Waals surface area contributed by atoms with E-state index in [9.17, 15) is 9.32 Å². The molecule has 3 aromatic heterocycles. The van der Waals surface area contributed by atoms with Gasteiger partial charge in [-0.1, -0.05) is 6.07 Å². The van der Waals surface area contributed by atoms with Gasteiger partial charge in [0.15, 0.2) is 11.5 Å². The molecule has 9 heteroatoms. The normalized spacial score (nSPS) is 11.8. The Bertz CT molecular complexity index is 1000. The zero-order valence-corrected chi connectivity index (χ0v) is 14.0. The molecule has 0 saturated heterocycles. The fourth-order valence-corrected chi connectivity index (χ4v) is 2.89. The van der Waals surface area contributed by atoms with E-state index >= 15 is 0 Å². The lowest BCUT2D eigenvalue weighted by molar-refractivity contribution is 0.275. The van der Waals surface area contributed by atoms with E-state index in [1.165, 1.54) is 0 Å². The number of aliphatic hydroxyl groups is 1. The Morgan fingerprint density at radius 2 is 2.13 bits per heavy atom. The molecule has 0 aliphatic heterocycles. The fraction of sp³-hybridized carbons (Fsp3) is 0.214. The summed E-state index contributed by atoms with van der Waals surface area (Å²) in [7, 11) is -2.32. The number of halogens is 1. The van der Waals surface area contributed by atoms with Crippen LogP contribution in [0.3, 0.4) is 0 Å². The first-order valence-electron chi connectivity index (χ1n) is 6.66. The summed E-state index contributed by atoms with van der Waals surface area (Å²) >= 11 is 5.87. The minimum Gasteiger partial charge on any atom is -0.390 e. The molecule has 1 N–H and O–H groups in total. The standard InChI is InChI=1S/C14H14ClN5O2S/c1-23(2,22)19-11-4-3-5-12(17-11)20-10(8-21)6-9-7-16-14(15)18-13(9)20/h3-7,21H,8H2,1-2H3. The first-order chi connectivity index (χ1) is 10.9. The molecule has 3 rings (SSSR count). The van der Waals surface area contributed by atoms with Crippen LogP contribution in [0.1, 0.15) is 5.69 Å². The van der Waals surface area contributed by atoms with Gasteiger partial charge < -0.3 is 5.11 Å². The van der Waals surface area contributed by atoms with Gasteiger partial charge in [-0.15, -0.1) is 0 Å². The monoisotopic (exact) mass is 351 g/mol. The van der Waals surface area contributed by atoms with E-state index in [0.29, 0.717) is 23.0 Å². The van der Waals surface area contributed by atoms with Crippen molar-refractivity contribution in [3.63, 3.8) is 0 Å². The molecule has 0 amide bonds. The number of rotatable bonds is 3. The lowest BCUT2D eigenvalue weighted by Gasteiger charge is -2.08. The minimum atomic E-state index is -2.32. The van der Waals surface area contributed by atoms with Crippen LogP contribution in [0, 0.1) is 0 Å². The Balaban J connectivity index is 2.26. The Morgan fingerprint density at radius 1 is 1.35 bits per heavy atom. The second kappa shape index (κ2) is 5.88. The van der Waals surface area contributed by atoms with Crippen molar-refractivity contribution < 1.29 is 9.32 Å². The number of aliphatic hydroxyl groups excluding tert-OH is 1. The predicted octanol–water partition coefficient (Wildman–Crippen LogP) is 2.32. The summed E-state index contributed by atoms with van der Waals surface area (Å²) in [6.45, 7) is -0.199. The van der Waals surface area contributed by atoms with Gasteiger partial charge in [0.05, 0.1) is 12.3 Å². The third-order valence-corrected chi connectivity index (χ3v) is 3.82. The molecule has 120 valence electrons. The second-order valence-electron chi connectivity index (χ2n) is 5.17. The van der Waals surface area contributed by atoms with Crippen molar-refractivity contribution in [2.24, 2.45) is 4.36 Å². The minimum absolute atomic E-state index is 0.104. The summed E-state index contributed by atoms with van der Waals surface area (Å²) in [6.07, 6.45) is 4.66. The molecule has 3 aromatic rings. The van der Waals surface area contributed by atoms with E-state index in [1.54, 1.807) is 47.5 Å². The lowest BCUT2D eigenvalue weighted by Crippen LogP contribution is -2.03. The van der Waals surface area contributed by atoms with Crippen molar-refractivity contribution in [2.45, 2.75) is 6.61 Å². The molecular weight excluding hydrogens is 338 g/mol. The second-order valence-corrected chi connectivity index (χ2v) is 8.06. The summed E-state index contributed by atoms with van der Waals surface area (Å²) in [4.78, 5) is 12.5. The molecule has 0 saturated carbocycles. The summed E-state index contributed by atoms with van der Waals surface area (Å²) in [6, 6.07) is 6.94. The van der Waals surface area contributed by atoms with Gasteiger partial charge in [-0.2, -0.15) is 9.35 Å². The van der Waals surface area contributed by atoms with Gasteiger partial charge in [0, 0.05) is 33.8 Å². The van der Waals surface area contributed by atoms with Crippen LogP contribution in [0.25, 0.3) is 16.9 Å². The van der Waals surface area contributed by atoms with E-state index in [4.69, 9.17) is 11.6 Å². The summed E-state index contributed by atoms with van der Waals surface area (Å²) < 4.78 is 17.6. The van der Waals surface area contributed by atoms with Crippen molar-refractivity contribution in [3.05, 3.63) is 41.4 Å². The van der Waals surface area contributed by atoms with Gasteiger partial charge >= 0.3 is 0 Å². The number of fused-ring (bicyclic) bond motifs is 1. The van der Waals surface area contributed by atoms with Crippen LogP contribution < -0.4 is 0 Å². The average Bonchev–Trinajstić information content (AvgIpc) is 2.83. The molecular formula is C14H14ClN5O2S. The Kier molecular flexibility index (Phi) is 4.05. The third kappa shape index (κ3) is 3.34. The van der Waals surface area contributed by atoms with E-state index in [-0.39, 0.29) is 11.9 Å². The maximum Gasteiger partial charge on any atom is 0.224 e. The molecule has 23 heavy (non-hydrogen) atoms. The van der Waals surface area contributed by atoms with E-state index in [2.05, 4.69) is 19.3 Å². The average molecular weight is 352 g/mol. The smallest absolute Gasteiger partial charge is 0.224 e. The number of hydrogen-bond donors (Lipinski definition) is 1. The Morgan fingerprint density at radius 3 is 2.83 bits per heavy atom. The fourth-order valence-electron chi connectivity index (χ4n) is 2.21. The largest absolute Gasteiger partial charge is 0.390 e. The van der Waals surface area contributed by atoms with E-state index in [1.807, 2.05) is 0 Å². The number of pyridine rings is 1. The van der Waals surface area contributed by atoms with Crippen molar-refractivity contribution >= 4 is 38.2 Å². The zero-order valence-electron chi connectivity index (χ0n) is 12.5. The number of aromatic nitrogens is 4. The SMILES string of the molecule is CS(C)(=O)=Nc1cccc(-n2c(CO)cc3cnc(Cl)nc32)n1. The van der Waals surface area contributed by atoms with Crippen LogP contribution >= 0.6 is 11.6 Å². The van der Waals surface area contributed by atoms with Crippen LogP contribution in [0.4, 0.5) is 5.82 Å². The Labute approximate surface area is 138 Å². The van der Waals surface area contributed by atoms with Gasteiger partial charge in [0.1, 0.15) is 5.82 Å². The molecule has 0 spiro atoms. The van der Waals surface area contributed by atoms with Crippen molar-refractivity contribution in [3.8, 4) is 5.82 Å². The number of nitrogens with zero attached hydrogens (tertiary/aromatic N) is 5. The maximum absolute atomic E-state index is 11.8. The topological polar surface area (TPSA) is 93.3 Å². The Hall–Kier alpha value is -2.03. The first-order valence-corrected chi connectivity index (χ1v) is 9.36. The number of hydrogen-bond acceptors (Lipinski definition) is 6. The molecule has 7 nitrogen and oxygen atoms in total. The molecule has 0 aliphatic carbocycles. The van der Waals surface area contributed by atoms with Crippen LogP contribution in [0.15, 0.2) is 34.8 Å². The van der Waals surface area contributed by atoms with E-state index < -0.39 is 9.73 Å². The van der Waals surface area contributed by atoms with E-state index in [0.717, 1.165) is 5.39 Å². The molecule has 0 radical (unpaired) electrons. The van der Waals surface area contributed by atoms with Crippen molar-refractivity contribution in [1.29, 1.82) is 0 Å². The maximum atomic E-state index is 11.8. The van der Waals surface area contributed by atoms with Gasteiger partial charge in [-0.25, -0.2) is 14.2 Å². The van der Waals surface area contributed by atoms with Crippen molar-refractivity contribution in [1.82, 2.24) is 19.5 Å². The summed E-state index contributed by atoms with van der Waals surface area (Å²) in [5.41, 5.74) is 1.13. The highest BCUT2D eigenvalue weighted by Crippen LogP contribution is 2.24. The summed E-state index contributed by atoms with van der Waals surface area (Å²) in [5.74, 6) is 0.854. The van der Waals surface area contributed by atoms with Crippen LogP contribution in [-0.4, -0.2) is 41.3 Å². The quantitative estimate of drug-likeness (QED) is 0.731. The van der Waals surface area contributed by atoms with Crippen LogP contribution in [0.2, 0.25) is 5.28 Å². The first kappa shape index (κ1) is 15.9. The molecule has 0 fully saturated rings. The van der Waals surface area contributed by atoms with Gasteiger partial charge in [0.2, 0.25) is 5.28 Å². The molecule has 3 heterocycles. The highest BCUT2D eigenvalue weighted by Gasteiger charge is 2.13. The zero-order chi connectivity index (χ0) is 16.6. The summed E-state index contributed by atoms with van der Waals surface area (Å²) in [5, 5.41) is 10.4. The molecule has 0 unspecified atom stereocenters. The molecule has 0 aliphatic rings. The molecule has 0 aromatic carbocycles. The van der Waals surface area contributed by atoms with Crippen LogP contribution in [0.5, 0.6) is 0 Å². The van der Waals surface area contributed by atoms with Gasteiger partial charge in [-0.05, 0) is 29.8 Å². The van der Waals surface area contributed by atoms with Crippen molar-refractivity contribution in [2.75, 3.05) is 12.5 Å². The molecule has 0 bridgehead atoms. The third-order valence-electron chi connectivity index (χ3n) is 3.01. The van der Waals surface area contributed by atoms with Crippen LogP contribution in [-0.2, 0) is 16.3 Å². The lowest BCUT2D eigenvalue weighted by atomic mass is 10.4.